The van der Waals surface area contributed by atoms with Crippen molar-refractivity contribution in [2.75, 3.05) is 5.32 Å². The lowest BCUT2D eigenvalue weighted by atomic mass is 10.2. The molecule has 0 aliphatic heterocycles. The number of carbonyl (C=O) groups excluding carboxylic acids is 1. The molecular formula is C13H8Br2Cl2N6O. The number of hydrogen-bond donors (Lipinski definition) is 2. The number of nitrogens with zero attached hydrogens (tertiary/aromatic N) is 4. The maximum Gasteiger partial charge on any atom is 0.279 e. The second kappa shape index (κ2) is 7.22. The molecule has 7 nitrogen and oxygen atoms in total. The lowest BCUT2D eigenvalue weighted by Crippen LogP contribution is -2.14. The fourth-order valence-electron chi connectivity index (χ4n) is 1.87. The Morgan fingerprint density at radius 2 is 2.08 bits per heavy atom. The average Bonchev–Trinajstić information content (AvgIpc) is 3.11. The van der Waals surface area contributed by atoms with E-state index in [0.717, 1.165) is 5.56 Å². The Labute approximate surface area is 163 Å². The van der Waals surface area contributed by atoms with Gasteiger partial charge in [-0.05, 0) is 49.6 Å². The van der Waals surface area contributed by atoms with E-state index in [-0.39, 0.29) is 11.6 Å². The van der Waals surface area contributed by atoms with Gasteiger partial charge in [0, 0.05) is 0 Å². The van der Waals surface area contributed by atoms with E-state index in [4.69, 9.17) is 23.2 Å². The average molecular weight is 495 g/mol. The third-order valence-electron chi connectivity index (χ3n) is 2.97. The Bertz CT molecular complexity index is 910. The maximum atomic E-state index is 12.1. The Hall–Kier alpha value is -1.42. The number of benzene rings is 1. The molecule has 0 unspecified atom stereocenters. The van der Waals surface area contributed by atoms with Gasteiger partial charge in [0.1, 0.15) is 10.9 Å². The molecule has 3 aromatic rings. The number of hydrogen-bond acceptors (Lipinski definition) is 4. The highest BCUT2D eigenvalue weighted by Gasteiger charge is 2.18. The molecule has 0 aliphatic rings. The number of rotatable bonds is 4. The molecule has 0 saturated carbocycles. The minimum Gasteiger partial charge on any atom is -0.288 e. The van der Waals surface area contributed by atoms with E-state index in [9.17, 15) is 4.79 Å². The zero-order chi connectivity index (χ0) is 17.3. The second-order valence-corrected chi connectivity index (χ2v) is 7.07. The molecular weight excluding hydrogens is 487 g/mol. The van der Waals surface area contributed by atoms with Crippen molar-refractivity contribution in [2.45, 2.75) is 6.54 Å². The van der Waals surface area contributed by atoms with Crippen molar-refractivity contribution < 1.29 is 4.79 Å². The molecule has 1 aromatic carbocycles. The van der Waals surface area contributed by atoms with Crippen molar-refractivity contribution >= 4 is 66.9 Å². The summed E-state index contributed by atoms with van der Waals surface area (Å²) >= 11 is 18.4. The zero-order valence-electron chi connectivity index (χ0n) is 11.7. The van der Waals surface area contributed by atoms with Gasteiger partial charge in [-0.2, -0.15) is 5.10 Å². The number of H-pyrrole nitrogens is 1. The fourth-order valence-corrected chi connectivity index (χ4v) is 2.83. The quantitative estimate of drug-likeness (QED) is 0.570. The van der Waals surface area contributed by atoms with Crippen LogP contribution in [0.1, 0.15) is 16.1 Å². The number of amides is 1. The second-order valence-electron chi connectivity index (χ2n) is 4.67. The Balaban J connectivity index is 1.70. The van der Waals surface area contributed by atoms with Crippen molar-refractivity contribution in [3.8, 4) is 0 Å². The van der Waals surface area contributed by atoms with Gasteiger partial charge in [-0.25, -0.2) is 9.67 Å². The molecule has 0 bridgehead atoms. The zero-order valence-corrected chi connectivity index (χ0v) is 16.4. The normalized spacial score (nSPS) is 10.8. The summed E-state index contributed by atoms with van der Waals surface area (Å²) < 4.78 is 2.67. The summed E-state index contributed by atoms with van der Waals surface area (Å²) in [5.41, 5.74) is 1.11. The van der Waals surface area contributed by atoms with Crippen LogP contribution in [0.4, 0.5) is 5.95 Å². The summed E-state index contributed by atoms with van der Waals surface area (Å²) in [5, 5.41) is 14.3. The molecule has 24 heavy (non-hydrogen) atoms. The van der Waals surface area contributed by atoms with Gasteiger partial charge in [-0.15, -0.1) is 5.10 Å². The number of aromatic nitrogens is 5. The van der Waals surface area contributed by atoms with Crippen molar-refractivity contribution in [1.82, 2.24) is 25.0 Å². The molecule has 2 N–H and O–H groups in total. The third-order valence-corrected chi connectivity index (χ3v) is 5.59. The van der Waals surface area contributed by atoms with Gasteiger partial charge in [-0.3, -0.25) is 15.2 Å². The van der Waals surface area contributed by atoms with E-state index in [2.05, 4.69) is 57.5 Å². The Kier molecular flexibility index (Phi) is 5.24. The molecule has 0 saturated heterocycles. The molecule has 3 rings (SSSR count). The predicted octanol–water partition coefficient (Wildman–Crippen LogP) is 4.13. The highest BCUT2D eigenvalue weighted by atomic mass is 79.9. The van der Waals surface area contributed by atoms with Crippen LogP contribution in [0.2, 0.25) is 10.0 Å². The third kappa shape index (κ3) is 3.80. The molecule has 0 radical (unpaired) electrons. The van der Waals surface area contributed by atoms with Crippen LogP contribution in [0.15, 0.2) is 33.6 Å². The van der Waals surface area contributed by atoms with Crippen LogP contribution in [0.3, 0.4) is 0 Å². The first-order valence-electron chi connectivity index (χ1n) is 6.48. The molecule has 11 heteroatoms. The van der Waals surface area contributed by atoms with E-state index < -0.39 is 5.91 Å². The number of carbonyl (C=O) groups is 1. The molecule has 124 valence electrons. The Morgan fingerprint density at radius 3 is 2.75 bits per heavy atom. The summed E-state index contributed by atoms with van der Waals surface area (Å²) in [6, 6.07) is 5.31. The van der Waals surface area contributed by atoms with Gasteiger partial charge < -0.3 is 0 Å². The standard InChI is InChI=1S/C13H8Br2Cl2N6O/c14-9-10(20-21-11(9)15)12(24)19-13-18-5-23(22-13)4-6-1-2-7(16)8(17)3-6/h1-3,5H,4H2,(H,20,21)(H,19,22,24). The molecule has 0 spiro atoms. The van der Waals surface area contributed by atoms with Gasteiger partial charge in [0.25, 0.3) is 5.91 Å². The lowest BCUT2D eigenvalue weighted by molar-refractivity contribution is 0.102. The summed E-state index contributed by atoms with van der Waals surface area (Å²) in [6.45, 7) is 0.442. The number of halogens is 4. The van der Waals surface area contributed by atoms with Gasteiger partial charge >= 0.3 is 0 Å². The van der Waals surface area contributed by atoms with E-state index in [1.54, 1.807) is 16.8 Å². The van der Waals surface area contributed by atoms with Gasteiger partial charge in [-0.1, -0.05) is 29.3 Å². The summed E-state index contributed by atoms with van der Waals surface area (Å²) in [6.07, 6.45) is 1.51. The van der Waals surface area contributed by atoms with Crippen molar-refractivity contribution in [1.29, 1.82) is 0 Å². The van der Waals surface area contributed by atoms with Crippen molar-refractivity contribution in [3.63, 3.8) is 0 Å². The highest BCUT2D eigenvalue weighted by Crippen LogP contribution is 2.24. The Morgan fingerprint density at radius 1 is 1.29 bits per heavy atom. The molecule has 2 aromatic heterocycles. The maximum absolute atomic E-state index is 12.1. The summed E-state index contributed by atoms with van der Waals surface area (Å²) in [4.78, 5) is 16.2. The van der Waals surface area contributed by atoms with Crippen LogP contribution >= 0.6 is 55.1 Å². The van der Waals surface area contributed by atoms with Crippen molar-refractivity contribution in [3.05, 3.63) is 54.9 Å². The van der Waals surface area contributed by atoms with Crippen LogP contribution in [0.25, 0.3) is 0 Å². The van der Waals surface area contributed by atoms with Crippen LogP contribution < -0.4 is 5.32 Å². The lowest BCUT2D eigenvalue weighted by Gasteiger charge is -2.03. The van der Waals surface area contributed by atoms with E-state index in [0.29, 0.717) is 25.7 Å². The minimum atomic E-state index is -0.434. The minimum absolute atomic E-state index is 0.172. The van der Waals surface area contributed by atoms with E-state index >= 15 is 0 Å². The summed E-state index contributed by atoms with van der Waals surface area (Å²) in [7, 11) is 0. The fraction of sp³-hybridized carbons (Fsp3) is 0.0769. The van der Waals surface area contributed by atoms with Gasteiger partial charge in [0.2, 0.25) is 5.95 Å². The molecule has 1 amide bonds. The van der Waals surface area contributed by atoms with Crippen LogP contribution in [0, 0.1) is 0 Å². The van der Waals surface area contributed by atoms with Gasteiger partial charge in [0.05, 0.1) is 21.1 Å². The molecule has 0 fully saturated rings. The number of aromatic amines is 1. The van der Waals surface area contributed by atoms with Crippen LogP contribution in [0.5, 0.6) is 0 Å². The topological polar surface area (TPSA) is 88.5 Å². The van der Waals surface area contributed by atoms with E-state index in [1.807, 2.05) is 6.07 Å². The summed E-state index contributed by atoms with van der Waals surface area (Å²) in [5.74, 6) is -0.262. The SMILES string of the molecule is O=C(Nc1ncn(Cc2ccc(Cl)c(Cl)c2)n1)c1n[nH]c(Br)c1Br. The molecule has 2 heterocycles. The number of nitrogens with one attached hydrogen (secondary N) is 2. The van der Waals surface area contributed by atoms with Crippen LogP contribution in [-0.2, 0) is 6.54 Å². The van der Waals surface area contributed by atoms with Crippen molar-refractivity contribution in [2.24, 2.45) is 0 Å². The monoisotopic (exact) mass is 492 g/mol. The first-order chi connectivity index (χ1) is 11.4. The van der Waals surface area contributed by atoms with Gasteiger partial charge in [0.15, 0.2) is 5.69 Å². The molecule has 0 atom stereocenters. The molecule has 0 aliphatic carbocycles. The van der Waals surface area contributed by atoms with E-state index in [1.165, 1.54) is 6.33 Å². The highest BCUT2D eigenvalue weighted by molar-refractivity contribution is 9.13. The first-order valence-corrected chi connectivity index (χ1v) is 8.82. The number of anilines is 1. The largest absolute Gasteiger partial charge is 0.288 e. The van der Waals surface area contributed by atoms with Crippen LogP contribution in [-0.4, -0.2) is 30.9 Å². The predicted molar refractivity (Wildman–Crippen MR) is 97.5 cm³/mol. The smallest absolute Gasteiger partial charge is 0.279 e. The first kappa shape index (κ1) is 17.4.